The number of aryl methyl sites for hydroxylation is 2. The number of carbonyl (C=O) groups excluding carboxylic acids is 2. The van der Waals surface area contributed by atoms with Crippen LogP contribution >= 0.6 is 0 Å². The van der Waals surface area contributed by atoms with Crippen LogP contribution in [0.3, 0.4) is 0 Å². The van der Waals surface area contributed by atoms with Gasteiger partial charge in [0, 0.05) is 13.0 Å². The topological polar surface area (TPSA) is 67.4 Å². The average Bonchev–Trinajstić information content (AvgIpc) is 2.64. The van der Waals surface area contributed by atoms with Crippen LogP contribution in [0.2, 0.25) is 0 Å². The molecule has 0 unspecified atom stereocenters. The highest BCUT2D eigenvalue weighted by Gasteiger charge is 2.22. The smallest absolute Gasteiger partial charge is 0.328 e. The second kappa shape index (κ2) is 9.73. The van der Waals surface area contributed by atoms with E-state index < -0.39 is 12.0 Å². The van der Waals surface area contributed by atoms with E-state index in [1.54, 1.807) is 0 Å². The van der Waals surface area contributed by atoms with Crippen molar-refractivity contribution in [2.24, 2.45) is 0 Å². The molecule has 0 radical (unpaired) electrons. The summed E-state index contributed by atoms with van der Waals surface area (Å²) in [6.45, 7) is 4.79. The summed E-state index contributed by atoms with van der Waals surface area (Å²) in [5, 5.41) is 5.84. The molecule has 0 bridgehead atoms. The standard InChI is InChI=1S/C21H26N2O3/c1-15-9-10-18(11-16(15)2)12-19(21(25)26-3)23-20(24)14-22-13-17-7-5-4-6-8-17/h4-11,19,22H,12-14H2,1-3H3,(H,23,24)/t19-/m1/s1. The predicted octanol–water partition coefficient (Wildman–Crippen LogP) is 2.29. The summed E-state index contributed by atoms with van der Waals surface area (Å²) in [6, 6.07) is 15.1. The van der Waals surface area contributed by atoms with E-state index in [2.05, 4.69) is 10.6 Å². The van der Waals surface area contributed by atoms with Gasteiger partial charge in [0.2, 0.25) is 5.91 Å². The summed E-state index contributed by atoms with van der Waals surface area (Å²) >= 11 is 0. The molecule has 0 saturated carbocycles. The highest BCUT2D eigenvalue weighted by molar-refractivity contribution is 5.85. The summed E-state index contributed by atoms with van der Waals surface area (Å²) in [5.74, 6) is -0.681. The summed E-state index contributed by atoms with van der Waals surface area (Å²) in [7, 11) is 1.33. The van der Waals surface area contributed by atoms with Gasteiger partial charge in [0.05, 0.1) is 13.7 Å². The van der Waals surface area contributed by atoms with Crippen LogP contribution in [0.25, 0.3) is 0 Å². The third kappa shape index (κ3) is 6.01. The molecule has 0 heterocycles. The van der Waals surface area contributed by atoms with Gasteiger partial charge >= 0.3 is 5.97 Å². The second-order valence-electron chi connectivity index (χ2n) is 6.36. The first kappa shape index (κ1) is 19.7. The molecule has 5 heteroatoms. The van der Waals surface area contributed by atoms with Crippen molar-refractivity contribution >= 4 is 11.9 Å². The molecule has 1 atom stereocenters. The van der Waals surface area contributed by atoms with E-state index in [0.717, 1.165) is 16.7 Å². The molecule has 138 valence electrons. The van der Waals surface area contributed by atoms with Gasteiger partial charge in [0.25, 0.3) is 0 Å². The lowest BCUT2D eigenvalue weighted by atomic mass is 10.0. The molecular formula is C21H26N2O3. The number of hydrogen-bond donors (Lipinski definition) is 2. The van der Waals surface area contributed by atoms with Gasteiger partial charge in [0.15, 0.2) is 0 Å². The maximum Gasteiger partial charge on any atom is 0.328 e. The number of methoxy groups -OCH3 is 1. The van der Waals surface area contributed by atoms with E-state index in [0.29, 0.717) is 13.0 Å². The van der Waals surface area contributed by atoms with E-state index >= 15 is 0 Å². The Morgan fingerprint density at radius 3 is 2.38 bits per heavy atom. The number of hydrogen-bond acceptors (Lipinski definition) is 4. The van der Waals surface area contributed by atoms with Crippen LogP contribution in [0.15, 0.2) is 48.5 Å². The summed E-state index contributed by atoms with van der Waals surface area (Å²) in [5.41, 5.74) is 4.43. The van der Waals surface area contributed by atoms with Crippen LogP contribution in [0.4, 0.5) is 0 Å². The molecule has 2 N–H and O–H groups in total. The molecule has 0 aromatic heterocycles. The molecule has 2 rings (SSSR count). The Morgan fingerprint density at radius 2 is 1.73 bits per heavy atom. The number of nitrogens with one attached hydrogen (secondary N) is 2. The Bertz CT molecular complexity index is 744. The minimum Gasteiger partial charge on any atom is -0.467 e. The van der Waals surface area contributed by atoms with Gasteiger partial charge in [-0.05, 0) is 36.1 Å². The van der Waals surface area contributed by atoms with Gasteiger partial charge in [-0.1, -0.05) is 48.5 Å². The number of carbonyl (C=O) groups is 2. The van der Waals surface area contributed by atoms with Gasteiger partial charge in [-0.25, -0.2) is 4.79 Å². The Labute approximate surface area is 154 Å². The molecule has 0 aliphatic rings. The molecule has 2 aromatic carbocycles. The van der Waals surface area contributed by atoms with Gasteiger partial charge in [-0.2, -0.15) is 0 Å². The zero-order valence-electron chi connectivity index (χ0n) is 15.5. The first-order valence-electron chi connectivity index (χ1n) is 8.67. The maximum atomic E-state index is 12.2. The van der Waals surface area contributed by atoms with E-state index in [1.165, 1.54) is 12.7 Å². The number of benzene rings is 2. The fourth-order valence-corrected chi connectivity index (χ4v) is 2.66. The largest absolute Gasteiger partial charge is 0.467 e. The molecule has 0 saturated heterocycles. The Kier molecular flexibility index (Phi) is 7.36. The molecule has 1 amide bonds. The van der Waals surface area contributed by atoms with E-state index in [4.69, 9.17) is 4.74 Å². The van der Waals surface area contributed by atoms with Crippen molar-refractivity contribution in [2.45, 2.75) is 32.9 Å². The molecule has 0 aliphatic carbocycles. The molecular weight excluding hydrogens is 328 g/mol. The van der Waals surface area contributed by atoms with E-state index in [9.17, 15) is 9.59 Å². The first-order valence-corrected chi connectivity index (χ1v) is 8.67. The third-order valence-corrected chi connectivity index (χ3v) is 4.29. The zero-order valence-corrected chi connectivity index (χ0v) is 15.5. The van der Waals surface area contributed by atoms with Crippen molar-refractivity contribution in [3.8, 4) is 0 Å². The van der Waals surface area contributed by atoms with Crippen molar-refractivity contribution in [1.82, 2.24) is 10.6 Å². The minimum atomic E-state index is -0.701. The molecule has 26 heavy (non-hydrogen) atoms. The lowest BCUT2D eigenvalue weighted by molar-refractivity contribution is -0.144. The monoisotopic (exact) mass is 354 g/mol. The van der Waals surface area contributed by atoms with Crippen molar-refractivity contribution in [3.05, 3.63) is 70.8 Å². The third-order valence-electron chi connectivity index (χ3n) is 4.29. The Hall–Kier alpha value is -2.66. The van der Waals surface area contributed by atoms with Crippen molar-refractivity contribution in [3.63, 3.8) is 0 Å². The number of esters is 1. The molecule has 0 spiro atoms. The number of ether oxygens (including phenoxy) is 1. The average molecular weight is 354 g/mol. The molecule has 0 fully saturated rings. The highest BCUT2D eigenvalue weighted by atomic mass is 16.5. The second-order valence-corrected chi connectivity index (χ2v) is 6.36. The number of amides is 1. The van der Waals surface area contributed by atoms with Gasteiger partial charge < -0.3 is 15.4 Å². The Morgan fingerprint density at radius 1 is 1.00 bits per heavy atom. The van der Waals surface area contributed by atoms with Crippen LogP contribution < -0.4 is 10.6 Å². The normalized spacial score (nSPS) is 11.7. The van der Waals surface area contributed by atoms with Crippen LogP contribution in [0, 0.1) is 13.8 Å². The first-order chi connectivity index (χ1) is 12.5. The van der Waals surface area contributed by atoms with Crippen LogP contribution in [-0.4, -0.2) is 31.6 Å². The fourth-order valence-electron chi connectivity index (χ4n) is 2.66. The quantitative estimate of drug-likeness (QED) is 0.714. The summed E-state index contributed by atoms with van der Waals surface area (Å²) in [4.78, 5) is 24.2. The van der Waals surface area contributed by atoms with Crippen LogP contribution in [0.1, 0.15) is 22.3 Å². The van der Waals surface area contributed by atoms with Crippen LogP contribution in [-0.2, 0) is 27.3 Å². The van der Waals surface area contributed by atoms with Crippen molar-refractivity contribution in [2.75, 3.05) is 13.7 Å². The summed E-state index contributed by atoms with van der Waals surface area (Å²) < 4.78 is 4.84. The zero-order chi connectivity index (χ0) is 18.9. The lowest BCUT2D eigenvalue weighted by Crippen LogP contribution is -2.46. The molecule has 2 aromatic rings. The van der Waals surface area contributed by atoms with Gasteiger partial charge in [-0.3, -0.25) is 4.79 Å². The van der Waals surface area contributed by atoms with Gasteiger partial charge in [-0.15, -0.1) is 0 Å². The van der Waals surface area contributed by atoms with E-state index in [1.807, 2.05) is 62.4 Å². The van der Waals surface area contributed by atoms with Crippen molar-refractivity contribution < 1.29 is 14.3 Å². The lowest BCUT2D eigenvalue weighted by Gasteiger charge is -2.17. The molecule has 0 aliphatic heterocycles. The highest BCUT2D eigenvalue weighted by Crippen LogP contribution is 2.12. The SMILES string of the molecule is COC(=O)[C@@H](Cc1ccc(C)c(C)c1)NC(=O)CNCc1ccccc1. The van der Waals surface area contributed by atoms with Crippen molar-refractivity contribution in [1.29, 1.82) is 0 Å². The van der Waals surface area contributed by atoms with Crippen LogP contribution in [0.5, 0.6) is 0 Å². The minimum absolute atomic E-state index is 0.134. The predicted molar refractivity (Wildman–Crippen MR) is 102 cm³/mol. The molecule has 5 nitrogen and oxygen atoms in total. The van der Waals surface area contributed by atoms with Gasteiger partial charge in [0.1, 0.15) is 6.04 Å². The van der Waals surface area contributed by atoms with E-state index in [-0.39, 0.29) is 12.5 Å². The Balaban J connectivity index is 1.90. The summed E-state index contributed by atoms with van der Waals surface area (Å²) in [6.07, 6.45) is 0.401. The number of rotatable bonds is 8. The fraction of sp³-hybridized carbons (Fsp3) is 0.333. The maximum absolute atomic E-state index is 12.2.